The third-order valence-corrected chi connectivity index (χ3v) is 7.71. The van der Waals surface area contributed by atoms with Crippen molar-refractivity contribution in [3.05, 3.63) is 72.7 Å². The van der Waals surface area contributed by atoms with E-state index in [-0.39, 0.29) is 0 Å². The average molecular weight is 461 g/mol. The lowest BCUT2D eigenvalue weighted by Gasteiger charge is -2.33. The van der Waals surface area contributed by atoms with Gasteiger partial charge in [-0.1, -0.05) is 25.1 Å². The molecule has 170 valence electrons. The Morgan fingerprint density at radius 2 is 1.61 bits per heavy atom. The van der Waals surface area contributed by atoms with E-state index in [9.17, 15) is 8.42 Å². The summed E-state index contributed by atoms with van der Waals surface area (Å²) in [7, 11) is -3.19. The highest BCUT2D eigenvalue weighted by Gasteiger charge is 2.23. The summed E-state index contributed by atoms with van der Waals surface area (Å²) in [4.78, 5) is 11.7. The highest BCUT2D eigenvalue weighted by Crippen LogP contribution is 2.31. The SMILES string of the molecule is CCc1cnc(N2CCC(n3ccc4cc(-c5ccc(S(C)(=O)=O)cc5)ccc43)CC2)nc1. The summed E-state index contributed by atoms with van der Waals surface area (Å²) in [5.41, 5.74) is 4.49. The molecule has 6 nitrogen and oxygen atoms in total. The van der Waals surface area contributed by atoms with E-state index in [1.807, 2.05) is 24.5 Å². The van der Waals surface area contributed by atoms with Crippen LogP contribution in [-0.4, -0.2) is 42.3 Å². The zero-order chi connectivity index (χ0) is 23.0. The molecule has 0 saturated carbocycles. The molecule has 4 aromatic rings. The summed E-state index contributed by atoms with van der Waals surface area (Å²) in [6, 6.07) is 16.2. The van der Waals surface area contributed by atoms with Crippen molar-refractivity contribution in [3.8, 4) is 11.1 Å². The third-order valence-electron chi connectivity index (χ3n) is 6.58. The molecule has 1 aliphatic rings. The van der Waals surface area contributed by atoms with Crippen molar-refractivity contribution in [3.63, 3.8) is 0 Å². The average Bonchev–Trinajstić information content (AvgIpc) is 3.27. The number of anilines is 1. The molecule has 0 spiro atoms. The minimum Gasteiger partial charge on any atom is -0.344 e. The van der Waals surface area contributed by atoms with Gasteiger partial charge >= 0.3 is 0 Å². The number of hydrogen-bond donors (Lipinski definition) is 0. The van der Waals surface area contributed by atoms with Crippen LogP contribution in [0.3, 0.4) is 0 Å². The molecular weight excluding hydrogens is 432 g/mol. The van der Waals surface area contributed by atoms with Crippen molar-refractivity contribution >= 4 is 26.7 Å². The molecule has 7 heteroatoms. The Labute approximate surface area is 194 Å². The molecule has 2 aromatic heterocycles. The fourth-order valence-electron chi connectivity index (χ4n) is 4.59. The fourth-order valence-corrected chi connectivity index (χ4v) is 5.22. The maximum Gasteiger partial charge on any atom is 0.225 e. The number of hydrogen-bond acceptors (Lipinski definition) is 5. The Bertz CT molecular complexity index is 1370. The van der Waals surface area contributed by atoms with Crippen molar-refractivity contribution in [2.75, 3.05) is 24.2 Å². The maximum atomic E-state index is 11.7. The Morgan fingerprint density at radius 3 is 2.24 bits per heavy atom. The van der Waals surface area contributed by atoms with E-state index in [1.54, 1.807) is 12.1 Å². The molecule has 1 aliphatic heterocycles. The van der Waals surface area contributed by atoms with E-state index < -0.39 is 9.84 Å². The molecule has 0 N–H and O–H groups in total. The first-order valence-electron chi connectivity index (χ1n) is 11.4. The first-order chi connectivity index (χ1) is 15.9. The lowest BCUT2D eigenvalue weighted by Crippen LogP contribution is -2.35. The monoisotopic (exact) mass is 460 g/mol. The number of rotatable bonds is 5. The van der Waals surface area contributed by atoms with Gasteiger partial charge in [0.25, 0.3) is 0 Å². The van der Waals surface area contributed by atoms with Gasteiger partial charge in [-0.25, -0.2) is 18.4 Å². The lowest BCUT2D eigenvalue weighted by atomic mass is 10.0. The second kappa shape index (κ2) is 8.63. The summed E-state index contributed by atoms with van der Waals surface area (Å²) >= 11 is 0. The van der Waals surface area contributed by atoms with Crippen molar-refractivity contribution in [1.29, 1.82) is 0 Å². The van der Waals surface area contributed by atoms with Crippen LogP contribution in [0.4, 0.5) is 5.95 Å². The molecule has 0 amide bonds. The zero-order valence-electron chi connectivity index (χ0n) is 19.0. The van der Waals surface area contributed by atoms with Gasteiger partial charge in [0.15, 0.2) is 9.84 Å². The predicted octanol–water partition coefficient (Wildman–Crippen LogP) is 4.91. The number of piperidine rings is 1. The molecule has 5 rings (SSSR count). The van der Waals surface area contributed by atoms with Crippen molar-refractivity contribution in [2.24, 2.45) is 0 Å². The maximum absolute atomic E-state index is 11.7. The van der Waals surface area contributed by atoms with E-state index in [0.29, 0.717) is 10.9 Å². The van der Waals surface area contributed by atoms with Crippen LogP contribution >= 0.6 is 0 Å². The van der Waals surface area contributed by atoms with E-state index in [2.05, 4.69) is 56.8 Å². The van der Waals surface area contributed by atoms with Gasteiger partial charge in [-0.15, -0.1) is 0 Å². The second-order valence-corrected chi connectivity index (χ2v) is 10.8. The standard InChI is InChI=1S/C26H28N4O2S/c1-3-19-17-27-26(28-18-19)29-13-11-23(12-14-29)30-15-10-22-16-21(6-9-25(22)30)20-4-7-24(8-5-20)33(2,31)32/h4-10,15-18,23H,3,11-14H2,1-2H3. The first-order valence-corrected chi connectivity index (χ1v) is 13.3. The molecular formula is C26H28N4O2S. The Morgan fingerprint density at radius 1 is 0.939 bits per heavy atom. The molecule has 1 saturated heterocycles. The number of nitrogens with zero attached hydrogens (tertiary/aromatic N) is 4. The molecule has 0 unspecified atom stereocenters. The largest absolute Gasteiger partial charge is 0.344 e. The molecule has 0 bridgehead atoms. The fraction of sp³-hybridized carbons (Fsp3) is 0.308. The zero-order valence-corrected chi connectivity index (χ0v) is 19.8. The highest BCUT2D eigenvalue weighted by molar-refractivity contribution is 7.90. The topological polar surface area (TPSA) is 68.1 Å². The molecule has 3 heterocycles. The summed E-state index contributed by atoms with van der Waals surface area (Å²) in [6.45, 7) is 4.00. The van der Waals surface area contributed by atoms with E-state index >= 15 is 0 Å². The number of aryl methyl sites for hydroxylation is 1. The summed E-state index contributed by atoms with van der Waals surface area (Å²) < 4.78 is 25.8. The minimum atomic E-state index is -3.19. The van der Waals surface area contributed by atoms with Crippen LogP contribution in [-0.2, 0) is 16.3 Å². The summed E-state index contributed by atoms with van der Waals surface area (Å²) in [6.07, 6.45) is 10.3. The number of sulfone groups is 1. The predicted molar refractivity (Wildman–Crippen MR) is 132 cm³/mol. The molecule has 0 aliphatic carbocycles. The molecule has 2 aromatic carbocycles. The Kier molecular flexibility index (Phi) is 5.66. The Balaban J connectivity index is 1.32. The molecule has 33 heavy (non-hydrogen) atoms. The minimum absolute atomic E-state index is 0.344. The number of aromatic nitrogens is 3. The van der Waals surface area contributed by atoms with Crippen molar-refractivity contribution in [2.45, 2.75) is 37.1 Å². The van der Waals surface area contributed by atoms with Gasteiger partial charge in [-0.2, -0.15) is 0 Å². The molecule has 1 fully saturated rings. The summed E-state index contributed by atoms with van der Waals surface area (Å²) in [5, 5.41) is 1.20. The first kappa shape index (κ1) is 21.6. The van der Waals surface area contributed by atoms with Gasteiger partial charge in [-0.05, 0) is 66.3 Å². The van der Waals surface area contributed by atoms with Gasteiger partial charge in [0.1, 0.15) is 0 Å². The van der Waals surface area contributed by atoms with Crippen LogP contribution < -0.4 is 4.90 Å². The van der Waals surface area contributed by atoms with Crippen LogP contribution in [0.2, 0.25) is 0 Å². The lowest BCUT2D eigenvalue weighted by molar-refractivity contribution is 0.402. The van der Waals surface area contributed by atoms with Crippen molar-refractivity contribution < 1.29 is 8.42 Å². The van der Waals surface area contributed by atoms with Crippen LogP contribution in [0, 0.1) is 0 Å². The van der Waals surface area contributed by atoms with Crippen LogP contribution in [0.5, 0.6) is 0 Å². The van der Waals surface area contributed by atoms with E-state index in [1.165, 1.54) is 17.2 Å². The normalized spacial score (nSPS) is 15.3. The van der Waals surface area contributed by atoms with Gasteiger partial charge in [0.05, 0.1) is 4.90 Å². The van der Waals surface area contributed by atoms with E-state index in [0.717, 1.165) is 55.0 Å². The van der Waals surface area contributed by atoms with Crippen molar-refractivity contribution in [1.82, 2.24) is 14.5 Å². The quantitative estimate of drug-likeness (QED) is 0.423. The second-order valence-electron chi connectivity index (χ2n) is 8.76. The third kappa shape index (κ3) is 4.37. The molecule has 0 atom stereocenters. The van der Waals surface area contributed by atoms with Crippen LogP contribution in [0.15, 0.2) is 72.0 Å². The highest BCUT2D eigenvalue weighted by atomic mass is 32.2. The van der Waals surface area contributed by atoms with Gasteiger partial charge in [-0.3, -0.25) is 0 Å². The van der Waals surface area contributed by atoms with Crippen LogP contribution in [0.25, 0.3) is 22.0 Å². The van der Waals surface area contributed by atoms with E-state index in [4.69, 9.17) is 0 Å². The van der Waals surface area contributed by atoms with Gasteiger partial charge < -0.3 is 9.47 Å². The van der Waals surface area contributed by atoms with Crippen LogP contribution in [0.1, 0.15) is 31.4 Å². The Hall–Kier alpha value is -3.19. The summed E-state index contributed by atoms with van der Waals surface area (Å²) in [5.74, 6) is 0.828. The van der Waals surface area contributed by atoms with Gasteiger partial charge in [0.2, 0.25) is 5.95 Å². The molecule has 0 radical (unpaired) electrons. The smallest absolute Gasteiger partial charge is 0.225 e. The number of benzene rings is 2. The van der Waals surface area contributed by atoms with Gasteiger partial charge in [0, 0.05) is 54.9 Å². The number of fused-ring (bicyclic) bond motifs is 1.